The molecule has 3 heteroatoms. The highest BCUT2D eigenvalue weighted by Crippen LogP contribution is 2.25. The Labute approximate surface area is 139 Å². The van der Waals surface area contributed by atoms with Crippen LogP contribution in [0.1, 0.15) is 33.3 Å². The van der Waals surface area contributed by atoms with Gasteiger partial charge >= 0.3 is 0 Å². The van der Waals surface area contributed by atoms with Gasteiger partial charge in [-0.1, -0.05) is 54.6 Å². The molecule has 2 aromatic heterocycles. The predicted octanol–water partition coefficient (Wildman–Crippen LogP) is 4.53. The van der Waals surface area contributed by atoms with Crippen LogP contribution in [-0.2, 0) is 0 Å². The molecule has 0 fully saturated rings. The summed E-state index contributed by atoms with van der Waals surface area (Å²) in [5.41, 5.74) is 2.45. The summed E-state index contributed by atoms with van der Waals surface area (Å²) in [6, 6.07) is 20.7. The Kier molecular flexibility index (Phi) is 3.28. The van der Waals surface area contributed by atoms with Crippen molar-refractivity contribution in [2.75, 3.05) is 0 Å². The Balaban J connectivity index is 2.03. The van der Waals surface area contributed by atoms with Gasteiger partial charge in [-0.05, 0) is 29.8 Å². The Morgan fingerprint density at radius 1 is 0.833 bits per heavy atom. The molecule has 4 rings (SSSR count). The molecule has 2 aromatic carbocycles. The van der Waals surface area contributed by atoms with E-state index in [1.165, 1.54) is 6.92 Å². The summed E-state index contributed by atoms with van der Waals surface area (Å²) in [6.07, 6.45) is 1.92. The summed E-state index contributed by atoms with van der Waals surface area (Å²) in [5.74, 6) is -0.136. The number of carbonyl (C=O) groups is 2. The van der Waals surface area contributed by atoms with Gasteiger partial charge in [0.05, 0.1) is 11.2 Å². The SMILES string of the molecule is CC(=O)c1cc(C(=O)c2ccccc2)n2cc3ccccc3cc12. The molecule has 2 heterocycles. The Bertz CT molecular complexity index is 1090. The van der Waals surface area contributed by atoms with Crippen molar-refractivity contribution in [2.45, 2.75) is 6.92 Å². The fourth-order valence-corrected chi connectivity index (χ4v) is 3.07. The van der Waals surface area contributed by atoms with Gasteiger partial charge < -0.3 is 4.40 Å². The van der Waals surface area contributed by atoms with Crippen molar-refractivity contribution in [3.63, 3.8) is 0 Å². The zero-order valence-corrected chi connectivity index (χ0v) is 13.2. The number of benzene rings is 2. The van der Waals surface area contributed by atoms with E-state index in [0.717, 1.165) is 16.3 Å². The van der Waals surface area contributed by atoms with Gasteiger partial charge in [0.15, 0.2) is 5.78 Å². The second-order valence-electron chi connectivity index (χ2n) is 5.85. The minimum absolute atomic E-state index is 0.0464. The number of rotatable bonds is 3. The first-order chi connectivity index (χ1) is 11.6. The van der Waals surface area contributed by atoms with Gasteiger partial charge in [-0.2, -0.15) is 0 Å². The Hall–Kier alpha value is -3.20. The minimum atomic E-state index is -0.0895. The van der Waals surface area contributed by atoms with Crippen LogP contribution < -0.4 is 0 Å². The molecule has 0 amide bonds. The third-order valence-electron chi connectivity index (χ3n) is 4.28. The van der Waals surface area contributed by atoms with Crippen LogP contribution in [0.2, 0.25) is 0 Å². The van der Waals surface area contributed by atoms with E-state index < -0.39 is 0 Å². The van der Waals surface area contributed by atoms with Gasteiger partial charge in [0, 0.05) is 17.3 Å². The lowest BCUT2D eigenvalue weighted by Gasteiger charge is -2.05. The predicted molar refractivity (Wildman–Crippen MR) is 94.8 cm³/mol. The van der Waals surface area contributed by atoms with E-state index in [0.29, 0.717) is 16.8 Å². The first kappa shape index (κ1) is 14.4. The van der Waals surface area contributed by atoms with Crippen LogP contribution in [0.4, 0.5) is 0 Å². The third-order valence-corrected chi connectivity index (χ3v) is 4.28. The molecule has 0 N–H and O–H groups in total. The highest BCUT2D eigenvalue weighted by atomic mass is 16.1. The summed E-state index contributed by atoms with van der Waals surface area (Å²) in [4.78, 5) is 24.9. The monoisotopic (exact) mass is 313 g/mol. The van der Waals surface area contributed by atoms with Crippen LogP contribution in [-0.4, -0.2) is 16.0 Å². The molecule has 3 nitrogen and oxygen atoms in total. The summed E-state index contributed by atoms with van der Waals surface area (Å²) in [7, 11) is 0. The first-order valence-electron chi connectivity index (χ1n) is 7.80. The summed E-state index contributed by atoms with van der Waals surface area (Å²) in [5, 5.41) is 2.07. The molecule has 4 aromatic rings. The fraction of sp³-hybridized carbons (Fsp3) is 0.0476. The average molecular weight is 313 g/mol. The fourth-order valence-electron chi connectivity index (χ4n) is 3.07. The van der Waals surface area contributed by atoms with E-state index in [1.54, 1.807) is 18.2 Å². The molecule has 0 aliphatic rings. The second-order valence-corrected chi connectivity index (χ2v) is 5.85. The van der Waals surface area contributed by atoms with E-state index in [2.05, 4.69) is 0 Å². The molecule has 0 aliphatic carbocycles. The maximum absolute atomic E-state index is 12.9. The zero-order chi connectivity index (χ0) is 16.7. The van der Waals surface area contributed by atoms with Crippen molar-refractivity contribution in [3.05, 3.63) is 89.7 Å². The van der Waals surface area contributed by atoms with Crippen LogP contribution in [0.3, 0.4) is 0 Å². The number of pyridine rings is 1. The first-order valence-corrected chi connectivity index (χ1v) is 7.80. The van der Waals surface area contributed by atoms with E-state index in [9.17, 15) is 9.59 Å². The number of ketones is 2. The number of fused-ring (bicyclic) bond motifs is 2. The molecular formula is C21H15NO2. The molecule has 0 saturated heterocycles. The van der Waals surface area contributed by atoms with Gasteiger partial charge in [0.1, 0.15) is 0 Å². The van der Waals surface area contributed by atoms with Crippen molar-refractivity contribution >= 4 is 27.9 Å². The average Bonchev–Trinajstić information content (AvgIpc) is 2.98. The molecule has 0 saturated carbocycles. The normalized spacial score (nSPS) is 11.0. The van der Waals surface area contributed by atoms with Crippen molar-refractivity contribution in [1.29, 1.82) is 0 Å². The Morgan fingerprint density at radius 2 is 1.50 bits per heavy atom. The van der Waals surface area contributed by atoms with E-state index in [4.69, 9.17) is 0 Å². The molecule has 0 atom stereocenters. The summed E-state index contributed by atoms with van der Waals surface area (Å²) < 4.78 is 1.83. The molecule has 0 spiro atoms. The highest BCUT2D eigenvalue weighted by molar-refractivity contribution is 6.12. The number of hydrogen-bond acceptors (Lipinski definition) is 2. The lowest BCUT2D eigenvalue weighted by Crippen LogP contribution is -2.04. The molecule has 0 unspecified atom stereocenters. The molecule has 24 heavy (non-hydrogen) atoms. The van der Waals surface area contributed by atoms with Gasteiger partial charge in [0.2, 0.25) is 5.78 Å². The minimum Gasteiger partial charge on any atom is -0.312 e. The van der Waals surface area contributed by atoms with Crippen LogP contribution >= 0.6 is 0 Å². The quantitative estimate of drug-likeness (QED) is 0.521. The van der Waals surface area contributed by atoms with Gasteiger partial charge in [-0.25, -0.2) is 0 Å². The maximum atomic E-state index is 12.9. The molecule has 0 bridgehead atoms. The van der Waals surface area contributed by atoms with Crippen LogP contribution in [0.5, 0.6) is 0 Å². The maximum Gasteiger partial charge on any atom is 0.209 e. The number of aromatic nitrogens is 1. The van der Waals surface area contributed by atoms with E-state index >= 15 is 0 Å². The lowest BCUT2D eigenvalue weighted by molar-refractivity contribution is 0.101. The van der Waals surface area contributed by atoms with Crippen molar-refractivity contribution in [3.8, 4) is 0 Å². The number of nitrogens with zero attached hydrogens (tertiary/aromatic N) is 1. The summed E-state index contributed by atoms with van der Waals surface area (Å²) >= 11 is 0. The summed E-state index contributed by atoms with van der Waals surface area (Å²) in [6.45, 7) is 1.53. The standard InChI is InChI=1S/C21H15NO2/c1-14(23)18-12-20(21(24)15-7-3-2-4-8-15)22-13-17-10-6-5-9-16(17)11-19(18)22/h2-13H,1H3. The van der Waals surface area contributed by atoms with E-state index in [1.807, 2.05) is 59.1 Å². The topological polar surface area (TPSA) is 38.5 Å². The molecule has 116 valence electrons. The second kappa shape index (κ2) is 5.46. The number of carbonyl (C=O) groups excluding carboxylic acids is 2. The lowest BCUT2D eigenvalue weighted by atomic mass is 10.1. The molecular weight excluding hydrogens is 298 g/mol. The van der Waals surface area contributed by atoms with Crippen molar-refractivity contribution < 1.29 is 9.59 Å². The number of hydrogen-bond donors (Lipinski definition) is 0. The number of Topliss-reactive ketones (excluding diaryl/α,β-unsaturated/α-hetero) is 1. The van der Waals surface area contributed by atoms with Gasteiger partial charge in [-0.3, -0.25) is 9.59 Å². The molecule has 0 radical (unpaired) electrons. The largest absolute Gasteiger partial charge is 0.312 e. The van der Waals surface area contributed by atoms with Crippen molar-refractivity contribution in [1.82, 2.24) is 4.40 Å². The van der Waals surface area contributed by atoms with Crippen LogP contribution in [0, 0.1) is 0 Å². The third kappa shape index (κ3) is 2.22. The smallest absolute Gasteiger partial charge is 0.209 e. The zero-order valence-electron chi connectivity index (χ0n) is 13.2. The van der Waals surface area contributed by atoms with Gasteiger partial charge in [-0.15, -0.1) is 0 Å². The van der Waals surface area contributed by atoms with Crippen LogP contribution in [0.25, 0.3) is 16.3 Å². The van der Waals surface area contributed by atoms with Crippen LogP contribution in [0.15, 0.2) is 72.9 Å². The van der Waals surface area contributed by atoms with Crippen molar-refractivity contribution in [2.24, 2.45) is 0 Å². The Morgan fingerprint density at radius 3 is 2.21 bits per heavy atom. The van der Waals surface area contributed by atoms with Gasteiger partial charge in [0.25, 0.3) is 0 Å². The highest BCUT2D eigenvalue weighted by Gasteiger charge is 2.19. The van der Waals surface area contributed by atoms with E-state index in [-0.39, 0.29) is 11.6 Å². The molecule has 0 aliphatic heterocycles.